The number of hydrogen-bond donors (Lipinski definition) is 0. The second-order valence-electron chi connectivity index (χ2n) is 5.42. The summed E-state index contributed by atoms with van der Waals surface area (Å²) in [4.78, 5) is 1.47. The molecule has 0 saturated heterocycles. The second kappa shape index (κ2) is 3.03. The molecule has 0 amide bonds. The highest BCUT2D eigenvalue weighted by Crippen LogP contribution is 2.50. The summed E-state index contributed by atoms with van der Waals surface area (Å²) in [6.07, 6.45) is 1.25. The van der Waals surface area contributed by atoms with Crippen LogP contribution in [0.2, 0.25) is 0 Å². The lowest BCUT2D eigenvalue weighted by molar-refractivity contribution is 0.408. The van der Waals surface area contributed by atoms with E-state index in [1.165, 1.54) is 16.9 Å². The summed E-state index contributed by atoms with van der Waals surface area (Å²) in [6.45, 7) is 9.39. The van der Waals surface area contributed by atoms with E-state index in [0.29, 0.717) is 10.2 Å². The number of thioether (sulfide) groups is 1. The van der Waals surface area contributed by atoms with Crippen molar-refractivity contribution in [1.82, 2.24) is 0 Å². The first kappa shape index (κ1) is 10.1. The van der Waals surface area contributed by atoms with Crippen LogP contribution in [0.15, 0.2) is 29.2 Å². The quantitative estimate of drug-likeness (QED) is 0.612. The lowest BCUT2D eigenvalue weighted by atomic mass is 9.77. The maximum Gasteiger partial charge on any atom is 0.0159 e. The zero-order valence-corrected chi connectivity index (χ0v) is 10.2. The topological polar surface area (TPSA) is 0 Å². The van der Waals surface area contributed by atoms with E-state index in [4.69, 9.17) is 0 Å². The van der Waals surface area contributed by atoms with Crippen LogP contribution in [-0.4, -0.2) is 4.75 Å². The zero-order valence-electron chi connectivity index (χ0n) is 9.42. The fraction of sp³-hybridized carbons (Fsp3) is 0.538. The zero-order chi connectivity index (χ0) is 10.4. The fourth-order valence-corrected chi connectivity index (χ4v) is 4.24. The minimum atomic E-state index is 0.325. The van der Waals surface area contributed by atoms with Crippen LogP contribution in [0.4, 0.5) is 0 Å². The minimum absolute atomic E-state index is 0.325. The lowest BCUT2D eigenvalue weighted by Gasteiger charge is -2.41. The van der Waals surface area contributed by atoms with Gasteiger partial charge in [0.25, 0.3) is 0 Å². The number of fused-ring (bicyclic) bond motifs is 1. The van der Waals surface area contributed by atoms with Gasteiger partial charge in [-0.2, -0.15) is 0 Å². The molecular formula is C13H18S. The highest BCUT2D eigenvalue weighted by molar-refractivity contribution is 8.00. The van der Waals surface area contributed by atoms with Gasteiger partial charge in [0.2, 0.25) is 0 Å². The third-order valence-electron chi connectivity index (χ3n) is 2.87. The first-order chi connectivity index (χ1) is 6.41. The van der Waals surface area contributed by atoms with Gasteiger partial charge in [-0.25, -0.2) is 0 Å². The third kappa shape index (κ3) is 1.70. The molecule has 1 aromatic carbocycles. The van der Waals surface area contributed by atoms with Crippen molar-refractivity contribution in [3.63, 3.8) is 0 Å². The highest BCUT2D eigenvalue weighted by Gasteiger charge is 2.37. The first-order valence-electron chi connectivity index (χ1n) is 5.19. The Morgan fingerprint density at radius 1 is 1.07 bits per heavy atom. The molecule has 1 aliphatic heterocycles. The van der Waals surface area contributed by atoms with E-state index >= 15 is 0 Å². The van der Waals surface area contributed by atoms with Crippen LogP contribution in [0.5, 0.6) is 0 Å². The van der Waals surface area contributed by atoms with E-state index in [0.717, 1.165) is 0 Å². The average molecular weight is 206 g/mol. The molecule has 0 nitrogen and oxygen atoms in total. The summed E-state index contributed by atoms with van der Waals surface area (Å²) in [5, 5.41) is 0. The molecule has 0 radical (unpaired) electrons. The SMILES string of the molecule is CC1(C)CC(C)(C)c2ccccc2S1. The molecule has 1 heteroatoms. The van der Waals surface area contributed by atoms with Crippen molar-refractivity contribution in [3.05, 3.63) is 29.8 Å². The van der Waals surface area contributed by atoms with Gasteiger partial charge in [-0.05, 0) is 23.5 Å². The maximum atomic E-state index is 2.35. The summed E-state index contributed by atoms with van der Waals surface area (Å²) in [7, 11) is 0. The predicted octanol–water partition coefficient (Wildman–Crippen LogP) is 4.24. The monoisotopic (exact) mass is 206 g/mol. The van der Waals surface area contributed by atoms with E-state index in [-0.39, 0.29) is 0 Å². The van der Waals surface area contributed by atoms with Crippen LogP contribution in [0.25, 0.3) is 0 Å². The molecule has 0 aliphatic carbocycles. The lowest BCUT2D eigenvalue weighted by Crippen LogP contribution is -2.33. The molecule has 1 aromatic rings. The van der Waals surface area contributed by atoms with Crippen molar-refractivity contribution in [1.29, 1.82) is 0 Å². The van der Waals surface area contributed by atoms with E-state index in [2.05, 4.69) is 52.0 Å². The third-order valence-corrected chi connectivity index (χ3v) is 4.14. The Kier molecular flexibility index (Phi) is 2.19. The Hall–Kier alpha value is -0.430. The Morgan fingerprint density at radius 2 is 1.71 bits per heavy atom. The standard InChI is InChI=1S/C13H18S/c1-12(2)9-13(3,4)14-11-8-6-5-7-10(11)12/h5-8H,9H2,1-4H3. The second-order valence-corrected chi connectivity index (χ2v) is 7.17. The van der Waals surface area contributed by atoms with Gasteiger partial charge in [0, 0.05) is 9.64 Å². The van der Waals surface area contributed by atoms with Gasteiger partial charge in [0.1, 0.15) is 0 Å². The van der Waals surface area contributed by atoms with Gasteiger partial charge in [-0.15, -0.1) is 11.8 Å². The summed E-state index contributed by atoms with van der Waals surface area (Å²) in [5.74, 6) is 0. The largest absolute Gasteiger partial charge is 0.120 e. The molecule has 14 heavy (non-hydrogen) atoms. The first-order valence-corrected chi connectivity index (χ1v) is 6.01. The van der Waals surface area contributed by atoms with Gasteiger partial charge in [0.15, 0.2) is 0 Å². The average Bonchev–Trinajstić information content (AvgIpc) is 2.00. The molecule has 0 fully saturated rings. The van der Waals surface area contributed by atoms with Crippen molar-refractivity contribution in [3.8, 4) is 0 Å². The summed E-state index contributed by atoms with van der Waals surface area (Å²) in [5.41, 5.74) is 1.84. The van der Waals surface area contributed by atoms with Crippen molar-refractivity contribution >= 4 is 11.8 Å². The highest BCUT2D eigenvalue weighted by atomic mass is 32.2. The number of benzene rings is 1. The molecule has 2 rings (SSSR count). The van der Waals surface area contributed by atoms with Crippen LogP contribution >= 0.6 is 11.8 Å². The Bertz CT molecular complexity index is 350. The van der Waals surface area contributed by atoms with Crippen LogP contribution < -0.4 is 0 Å². The van der Waals surface area contributed by atoms with E-state index in [9.17, 15) is 0 Å². The van der Waals surface area contributed by atoms with E-state index in [1.807, 2.05) is 11.8 Å². The van der Waals surface area contributed by atoms with E-state index < -0.39 is 0 Å². The normalized spacial score (nSPS) is 22.9. The molecular weight excluding hydrogens is 188 g/mol. The van der Waals surface area contributed by atoms with Crippen molar-refractivity contribution < 1.29 is 0 Å². The summed E-state index contributed by atoms with van der Waals surface area (Å²) >= 11 is 2.02. The minimum Gasteiger partial charge on any atom is -0.120 e. The van der Waals surface area contributed by atoms with Crippen molar-refractivity contribution in [2.24, 2.45) is 0 Å². The van der Waals surface area contributed by atoms with Gasteiger partial charge in [0.05, 0.1) is 0 Å². The van der Waals surface area contributed by atoms with Crippen molar-refractivity contribution in [2.45, 2.75) is 49.2 Å². The molecule has 0 bridgehead atoms. The number of rotatable bonds is 0. The molecule has 76 valence electrons. The molecule has 1 aliphatic rings. The van der Waals surface area contributed by atoms with Gasteiger partial charge >= 0.3 is 0 Å². The van der Waals surface area contributed by atoms with Gasteiger partial charge in [-0.1, -0.05) is 45.9 Å². The molecule has 0 atom stereocenters. The van der Waals surface area contributed by atoms with Crippen LogP contribution in [0, 0.1) is 0 Å². The maximum absolute atomic E-state index is 2.35. The van der Waals surface area contributed by atoms with Crippen LogP contribution in [0.3, 0.4) is 0 Å². The fourth-order valence-electron chi connectivity index (χ4n) is 2.61. The predicted molar refractivity (Wildman–Crippen MR) is 64.0 cm³/mol. The molecule has 0 saturated carbocycles. The smallest absolute Gasteiger partial charge is 0.0159 e. The molecule has 0 N–H and O–H groups in total. The summed E-state index contributed by atoms with van der Waals surface area (Å²) in [6, 6.07) is 8.82. The van der Waals surface area contributed by atoms with E-state index in [1.54, 1.807) is 0 Å². The van der Waals surface area contributed by atoms with Crippen LogP contribution in [0.1, 0.15) is 39.7 Å². The van der Waals surface area contributed by atoms with Crippen LogP contribution in [-0.2, 0) is 5.41 Å². The van der Waals surface area contributed by atoms with Gasteiger partial charge in [-0.3, -0.25) is 0 Å². The molecule has 0 aromatic heterocycles. The molecule has 0 spiro atoms. The molecule has 0 unspecified atom stereocenters. The Balaban J connectivity index is 2.52. The Morgan fingerprint density at radius 3 is 2.43 bits per heavy atom. The molecule has 1 heterocycles. The van der Waals surface area contributed by atoms with Crippen molar-refractivity contribution in [2.75, 3.05) is 0 Å². The Labute approximate surface area is 91.1 Å². The summed E-state index contributed by atoms with van der Waals surface area (Å²) < 4.78 is 0.373. The number of hydrogen-bond acceptors (Lipinski definition) is 1. The van der Waals surface area contributed by atoms with Gasteiger partial charge < -0.3 is 0 Å².